The van der Waals surface area contributed by atoms with Gasteiger partial charge in [-0.3, -0.25) is 0 Å². The van der Waals surface area contributed by atoms with Crippen molar-refractivity contribution in [3.05, 3.63) is 77.0 Å². The van der Waals surface area contributed by atoms with Gasteiger partial charge in [-0.2, -0.15) is 0 Å². The Bertz CT molecular complexity index is 904. The summed E-state index contributed by atoms with van der Waals surface area (Å²) in [5, 5.41) is 3.48. The molecule has 0 radical (unpaired) electrons. The van der Waals surface area contributed by atoms with Crippen molar-refractivity contribution in [2.75, 3.05) is 7.05 Å². The molecule has 1 aromatic heterocycles. The van der Waals surface area contributed by atoms with E-state index < -0.39 is 0 Å². The molecule has 114 valence electrons. The number of hydrogen-bond donors (Lipinski definition) is 2. The van der Waals surface area contributed by atoms with Crippen LogP contribution < -0.4 is 5.43 Å². The fraction of sp³-hybridized carbons (Fsp3) is 0.200. The number of para-hydroxylation sites is 1. The molecule has 5 rings (SSSR count). The predicted molar refractivity (Wildman–Crippen MR) is 93.9 cm³/mol. The number of aromatic amines is 1. The van der Waals surface area contributed by atoms with Crippen LogP contribution in [0.2, 0.25) is 0 Å². The molecular weight excluding hydrogens is 282 g/mol. The number of H-pyrrole nitrogens is 1. The lowest BCUT2D eigenvalue weighted by atomic mass is 9.86. The van der Waals surface area contributed by atoms with E-state index in [4.69, 9.17) is 0 Å². The molecule has 23 heavy (non-hydrogen) atoms. The average Bonchev–Trinajstić information content (AvgIpc) is 3.21. The highest BCUT2D eigenvalue weighted by molar-refractivity contribution is 5.88. The van der Waals surface area contributed by atoms with Crippen LogP contribution in [0.1, 0.15) is 34.5 Å². The second kappa shape index (κ2) is 4.82. The maximum atomic E-state index is 3.52. The molecule has 3 atom stereocenters. The van der Waals surface area contributed by atoms with Crippen molar-refractivity contribution in [2.45, 2.75) is 18.5 Å². The van der Waals surface area contributed by atoms with Gasteiger partial charge in [0.05, 0.1) is 0 Å². The van der Waals surface area contributed by atoms with E-state index >= 15 is 0 Å². The van der Waals surface area contributed by atoms with Crippen LogP contribution in [0.15, 0.2) is 54.6 Å². The highest BCUT2D eigenvalue weighted by atomic mass is 15.7. The highest BCUT2D eigenvalue weighted by Gasteiger charge is 2.30. The minimum atomic E-state index is 0.395. The monoisotopic (exact) mass is 301 g/mol. The zero-order valence-corrected chi connectivity index (χ0v) is 13.1. The minimum absolute atomic E-state index is 0.395. The van der Waals surface area contributed by atoms with Crippen LogP contribution in [0.5, 0.6) is 0 Å². The molecule has 0 saturated carbocycles. The molecule has 2 N–H and O–H groups in total. The maximum absolute atomic E-state index is 3.52. The normalized spacial score (nSPS) is 25.5. The number of hydrogen-bond acceptors (Lipinski definition) is 2. The summed E-state index contributed by atoms with van der Waals surface area (Å²) >= 11 is 0. The van der Waals surface area contributed by atoms with E-state index in [-0.39, 0.29) is 0 Å². The van der Waals surface area contributed by atoms with Crippen molar-refractivity contribution in [1.82, 2.24) is 15.4 Å². The number of nitrogens with zero attached hydrogens (tertiary/aromatic N) is 1. The summed E-state index contributed by atoms with van der Waals surface area (Å²) in [5.41, 5.74) is 9.97. The van der Waals surface area contributed by atoms with Crippen LogP contribution in [0.25, 0.3) is 17.0 Å². The van der Waals surface area contributed by atoms with Gasteiger partial charge in [-0.25, -0.2) is 10.4 Å². The number of aromatic nitrogens is 1. The molecule has 0 spiro atoms. The van der Waals surface area contributed by atoms with Crippen LogP contribution in [-0.4, -0.2) is 17.0 Å². The molecule has 0 amide bonds. The summed E-state index contributed by atoms with van der Waals surface area (Å²) in [7, 11) is 2.07. The standard InChI is InChI=1S/C20H19N3/c1-23-20(22-23)14-8-6-13(7-9-14)15-10-11-19-17(12-15)16-4-2-3-5-18(16)21-19/h2-11,15,20-22H,12H2,1H3/t15?,20?,23-/m0/s1. The van der Waals surface area contributed by atoms with Gasteiger partial charge in [0, 0.05) is 29.6 Å². The Labute approximate surface area is 135 Å². The first kappa shape index (κ1) is 13.1. The van der Waals surface area contributed by atoms with Crippen molar-refractivity contribution in [3.8, 4) is 0 Å². The molecule has 2 unspecified atom stereocenters. The molecule has 3 nitrogen and oxygen atoms in total. The highest BCUT2D eigenvalue weighted by Crippen LogP contribution is 2.35. The van der Waals surface area contributed by atoms with Crippen molar-refractivity contribution >= 4 is 17.0 Å². The van der Waals surface area contributed by atoms with Gasteiger partial charge >= 0.3 is 0 Å². The van der Waals surface area contributed by atoms with E-state index in [2.05, 4.69) is 83.1 Å². The minimum Gasteiger partial charge on any atom is -0.355 e. The van der Waals surface area contributed by atoms with Crippen LogP contribution in [0.3, 0.4) is 0 Å². The van der Waals surface area contributed by atoms with Crippen molar-refractivity contribution in [2.24, 2.45) is 0 Å². The van der Waals surface area contributed by atoms with Crippen LogP contribution in [0.4, 0.5) is 0 Å². The molecule has 1 fully saturated rings. The number of allylic oxidation sites excluding steroid dienone is 1. The maximum Gasteiger partial charge on any atom is 0.112 e. The number of nitrogens with one attached hydrogen (secondary N) is 2. The van der Waals surface area contributed by atoms with Gasteiger partial charge in [-0.15, -0.1) is 0 Å². The quantitative estimate of drug-likeness (QED) is 0.703. The van der Waals surface area contributed by atoms with Gasteiger partial charge in [-0.05, 0) is 35.3 Å². The lowest BCUT2D eigenvalue weighted by molar-refractivity contribution is 0.597. The van der Waals surface area contributed by atoms with Crippen molar-refractivity contribution < 1.29 is 0 Å². The smallest absolute Gasteiger partial charge is 0.112 e. The first-order valence-electron chi connectivity index (χ1n) is 8.16. The van der Waals surface area contributed by atoms with Gasteiger partial charge in [0.15, 0.2) is 0 Å². The number of benzene rings is 2. The Kier molecular flexibility index (Phi) is 2.75. The first-order valence-corrected chi connectivity index (χ1v) is 8.16. The van der Waals surface area contributed by atoms with Gasteiger partial charge in [0.2, 0.25) is 0 Å². The van der Waals surface area contributed by atoms with Crippen molar-refractivity contribution in [1.29, 1.82) is 0 Å². The largest absolute Gasteiger partial charge is 0.355 e. The Morgan fingerprint density at radius 1 is 1.00 bits per heavy atom. The Morgan fingerprint density at radius 2 is 1.74 bits per heavy atom. The average molecular weight is 301 g/mol. The molecular formula is C20H19N3. The summed E-state index contributed by atoms with van der Waals surface area (Å²) in [6.45, 7) is 0. The van der Waals surface area contributed by atoms with E-state index in [1.807, 2.05) is 0 Å². The molecule has 2 aromatic carbocycles. The molecule has 1 saturated heterocycles. The molecule has 0 bridgehead atoms. The molecule has 3 heteroatoms. The van der Waals surface area contributed by atoms with Crippen LogP contribution >= 0.6 is 0 Å². The molecule has 2 aliphatic rings. The summed E-state index contributed by atoms with van der Waals surface area (Å²) in [4.78, 5) is 3.52. The first-order chi connectivity index (χ1) is 11.3. The number of rotatable bonds is 2. The van der Waals surface area contributed by atoms with Gasteiger partial charge in [0.1, 0.15) is 6.17 Å². The van der Waals surface area contributed by atoms with Crippen LogP contribution in [-0.2, 0) is 6.42 Å². The Morgan fingerprint density at radius 3 is 2.52 bits per heavy atom. The fourth-order valence-corrected chi connectivity index (χ4v) is 3.70. The van der Waals surface area contributed by atoms with E-state index in [0.29, 0.717) is 12.1 Å². The summed E-state index contributed by atoms with van der Waals surface area (Å²) in [6.07, 6.45) is 6.03. The van der Waals surface area contributed by atoms with Gasteiger partial charge in [0.25, 0.3) is 0 Å². The van der Waals surface area contributed by atoms with E-state index in [1.165, 1.54) is 33.3 Å². The third-order valence-corrected chi connectivity index (χ3v) is 5.09. The fourth-order valence-electron chi connectivity index (χ4n) is 3.70. The zero-order chi connectivity index (χ0) is 15.4. The molecule has 1 aliphatic carbocycles. The Hall–Kier alpha value is -2.36. The zero-order valence-electron chi connectivity index (χ0n) is 13.1. The molecule has 2 heterocycles. The lowest BCUT2D eigenvalue weighted by Crippen LogP contribution is -2.05. The topological polar surface area (TPSA) is 40.7 Å². The lowest BCUT2D eigenvalue weighted by Gasteiger charge is -2.18. The number of hydrazine groups is 1. The summed E-state index contributed by atoms with van der Waals surface area (Å²) in [6, 6.07) is 17.6. The summed E-state index contributed by atoms with van der Waals surface area (Å²) < 4.78 is 0. The summed E-state index contributed by atoms with van der Waals surface area (Å²) in [5.74, 6) is 0.459. The van der Waals surface area contributed by atoms with Crippen molar-refractivity contribution in [3.63, 3.8) is 0 Å². The molecule has 1 aliphatic heterocycles. The van der Waals surface area contributed by atoms with E-state index in [9.17, 15) is 0 Å². The third-order valence-electron chi connectivity index (χ3n) is 5.09. The van der Waals surface area contributed by atoms with Gasteiger partial charge < -0.3 is 4.98 Å². The Balaban J connectivity index is 1.46. The molecule has 3 aromatic rings. The van der Waals surface area contributed by atoms with Gasteiger partial charge in [-0.1, -0.05) is 48.5 Å². The second-order valence-electron chi connectivity index (χ2n) is 6.54. The number of fused-ring (bicyclic) bond motifs is 3. The van der Waals surface area contributed by atoms with Crippen LogP contribution in [0, 0.1) is 0 Å². The second-order valence-corrected chi connectivity index (χ2v) is 6.54. The van der Waals surface area contributed by atoms with E-state index in [1.54, 1.807) is 0 Å². The van der Waals surface area contributed by atoms with E-state index in [0.717, 1.165) is 6.42 Å². The SMILES string of the molecule is C[N@]1NC1c1ccc(C2C=Cc3[nH]c4ccccc4c3C2)cc1. The third kappa shape index (κ3) is 2.12. The predicted octanol–water partition coefficient (Wildman–Crippen LogP) is 3.97.